The van der Waals surface area contributed by atoms with E-state index in [1.54, 1.807) is 12.1 Å². The Hall–Kier alpha value is -3.13. The molecule has 0 saturated heterocycles. The highest BCUT2D eigenvalue weighted by Crippen LogP contribution is 2.24. The maximum atomic E-state index is 12.5. The number of anilines is 2. The molecule has 0 aliphatic rings. The van der Waals surface area contributed by atoms with Crippen LogP contribution in [0.5, 0.6) is 0 Å². The molecule has 0 bridgehead atoms. The normalized spacial score (nSPS) is 10.7. The van der Waals surface area contributed by atoms with Gasteiger partial charge in [-0.1, -0.05) is 11.6 Å². The molecule has 2 heterocycles. The van der Waals surface area contributed by atoms with Crippen LogP contribution in [0, 0.1) is 13.8 Å². The summed E-state index contributed by atoms with van der Waals surface area (Å²) in [6, 6.07) is 9.17. The maximum Gasteiger partial charge on any atom is 0.340 e. The number of halogens is 1. The van der Waals surface area contributed by atoms with E-state index in [2.05, 4.69) is 15.0 Å². The Balaban J connectivity index is 1.84. The highest BCUT2D eigenvalue weighted by atomic mass is 35.5. The van der Waals surface area contributed by atoms with Gasteiger partial charge in [-0.25, -0.2) is 4.79 Å². The molecule has 1 aromatic carbocycles. The lowest BCUT2D eigenvalue weighted by Gasteiger charge is -2.12. The van der Waals surface area contributed by atoms with Gasteiger partial charge in [0.1, 0.15) is 0 Å². The number of nitrogens with zero attached hydrogens (tertiary/aromatic N) is 4. The third-order valence-corrected chi connectivity index (χ3v) is 4.08. The molecule has 0 fully saturated rings. The van der Waals surface area contributed by atoms with E-state index >= 15 is 0 Å². The Labute approximate surface area is 154 Å². The first kappa shape index (κ1) is 17.7. The fourth-order valence-electron chi connectivity index (χ4n) is 2.61. The molecule has 2 aromatic heterocycles. The van der Waals surface area contributed by atoms with Crippen molar-refractivity contribution >= 4 is 29.5 Å². The fraction of sp³-hybridized carbons (Fsp3) is 0.176. The van der Waals surface area contributed by atoms with Crippen LogP contribution in [0.25, 0.3) is 5.69 Å². The molecule has 0 aliphatic heterocycles. The predicted octanol–water partition coefficient (Wildman–Crippen LogP) is 2.45. The average Bonchev–Trinajstić information content (AvgIpc) is 2.91. The van der Waals surface area contributed by atoms with Crippen molar-refractivity contribution in [3.8, 4) is 5.69 Å². The largest absolute Gasteiger partial charge is 0.454 e. The van der Waals surface area contributed by atoms with Crippen LogP contribution < -0.4 is 11.5 Å². The number of aryl methyl sites for hydroxylation is 2. The SMILES string of the molecule is Cc1ccc(C)n1-c1ccc(Cl)c(C(=O)OCc2nc(N)nc(N)n2)c1. The first-order chi connectivity index (χ1) is 12.3. The van der Waals surface area contributed by atoms with Gasteiger partial charge in [0.2, 0.25) is 11.9 Å². The molecule has 26 heavy (non-hydrogen) atoms. The van der Waals surface area contributed by atoms with E-state index in [-0.39, 0.29) is 34.9 Å². The molecule has 0 atom stereocenters. The quantitative estimate of drug-likeness (QED) is 0.674. The molecule has 134 valence electrons. The van der Waals surface area contributed by atoms with Crippen molar-refractivity contribution in [2.75, 3.05) is 11.5 Å². The van der Waals surface area contributed by atoms with Gasteiger partial charge < -0.3 is 20.8 Å². The molecule has 0 amide bonds. The topological polar surface area (TPSA) is 122 Å². The number of carbonyl (C=O) groups excluding carboxylic acids is 1. The van der Waals surface area contributed by atoms with E-state index in [0.717, 1.165) is 17.1 Å². The van der Waals surface area contributed by atoms with Crippen molar-refractivity contribution < 1.29 is 9.53 Å². The Morgan fingerprint density at radius 2 is 1.69 bits per heavy atom. The van der Waals surface area contributed by atoms with Gasteiger partial charge in [0.15, 0.2) is 12.4 Å². The molecular formula is C17H17ClN6O2. The second kappa shape index (κ2) is 7.01. The number of hydrogen-bond acceptors (Lipinski definition) is 7. The highest BCUT2D eigenvalue weighted by molar-refractivity contribution is 6.33. The standard InChI is InChI=1S/C17H17ClN6O2/c1-9-3-4-10(2)24(9)11-5-6-13(18)12(7-11)15(25)26-8-14-21-16(19)23-17(20)22-14/h3-7H,8H2,1-2H3,(H4,19,20,21,22,23). The van der Waals surface area contributed by atoms with Gasteiger partial charge in [-0.3, -0.25) is 0 Å². The molecule has 0 aliphatic carbocycles. The molecule has 8 nitrogen and oxygen atoms in total. The van der Waals surface area contributed by atoms with E-state index in [1.807, 2.05) is 36.6 Å². The molecule has 0 saturated carbocycles. The van der Waals surface area contributed by atoms with Gasteiger partial charge in [-0.05, 0) is 44.2 Å². The van der Waals surface area contributed by atoms with Gasteiger partial charge in [-0.15, -0.1) is 0 Å². The summed E-state index contributed by atoms with van der Waals surface area (Å²) in [5.74, 6) is -0.520. The third-order valence-electron chi connectivity index (χ3n) is 3.75. The summed E-state index contributed by atoms with van der Waals surface area (Å²) < 4.78 is 7.26. The molecule has 9 heteroatoms. The number of esters is 1. The van der Waals surface area contributed by atoms with Crippen molar-refractivity contribution in [1.29, 1.82) is 0 Å². The Morgan fingerprint density at radius 3 is 2.31 bits per heavy atom. The number of benzene rings is 1. The van der Waals surface area contributed by atoms with Crippen LogP contribution in [-0.4, -0.2) is 25.5 Å². The molecule has 3 rings (SSSR count). The maximum absolute atomic E-state index is 12.5. The summed E-state index contributed by atoms with van der Waals surface area (Å²) in [6.07, 6.45) is 0. The smallest absolute Gasteiger partial charge is 0.340 e. The number of aromatic nitrogens is 4. The number of rotatable bonds is 4. The van der Waals surface area contributed by atoms with Crippen LogP contribution in [-0.2, 0) is 11.3 Å². The number of carbonyl (C=O) groups is 1. The van der Waals surface area contributed by atoms with E-state index in [1.165, 1.54) is 0 Å². The number of nitrogens with two attached hydrogens (primary N) is 2. The van der Waals surface area contributed by atoms with Gasteiger partial charge in [0.05, 0.1) is 10.6 Å². The van der Waals surface area contributed by atoms with E-state index in [4.69, 9.17) is 27.8 Å². The van der Waals surface area contributed by atoms with Gasteiger partial charge in [-0.2, -0.15) is 15.0 Å². The molecule has 3 aromatic rings. The summed E-state index contributed by atoms with van der Waals surface area (Å²) in [5, 5.41) is 0.288. The lowest BCUT2D eigenvalue weighted by molar-refractivity contribution is 0.0462. The Bertz CT molecular complexity index is 946. The molecule has 4 N–H and O–H groups in total. The fourth-order valence-corrected chi connectivity index (χ4v) is 2.81. The van der Waals surface area contributed by atoms with Crippen LogP contribution in [0.1, 0.15) is 27.6 Å². The molecular weight excluding hydrogens is 356 g/mol. The van der Waals surface area contributed by atoms with Crippen molar-refractivity contribution in [3.63, 3.8) is 0 Å². The minimum atomic E-state index is -0.600. The number of nitrogen functional groups attached to an aromatic ring is 2. The van der Waals surface area contributed by atoms with Crippen LogP contribution >= 0.6 is 11.6 Å². The molecule has 0 spiro atoms. The number of hydrogen-bond donors (Lipinski definition) is 2. The zero-order valence-electron chi connectivity index (χ0n) is 14.2. The predicted molar refractivity (Wildman–Crippen MR) is 98.0 cm³/mol. The minimum absolute atomic E-state index is 0.0397. The Morgan fingerprint density at radius 1 is 1.08 bits per heavy atom. The summed E-state index contributed by atoms with van der Waals surface area (Å²) in [4.78, 5) is 23.8. The first-order valence-electron chi connectivity index (χ1n) is 7.73. The summed E-state index contributed by atoms with van der Waals surface area (Å²) >= 11 is 6.17. The third kappa shape index (κ3) is 3.60. The van der Waals surface area contributed by atoms with E-state index < -0.39 is 5.97 Å². The van der Waals surface area contributed by atoms with E-state index in [9.17, 15) is 4.79 Å². The lowest BCUT2D eigenvalue weighted by atomic mass is 10.2. The monoisotopic (exact) mass is 372 g/mol. The zero-order valence-corrected chi connectivity index (χ0v) is 15.0. The van der Waals surface area contributed by atoms with Crippen molar-refractivity contribution in [3.05, 3.63) is 58.1 Å². The average molecular weight is 373 g/mol. The van der Waals surface area contributed by atoms with Crippen molar-refractivity contribution in [2.24, 2.45) is 0 Å². The first-order valence-corrected chi connectivity index (χ1v) is 8.11. The molecule has 0 radical (unpaired) electrons. The highest BCUT2D eigenvalue weighted by Gasteiger charge is 2.16. The number of ether oxygens (including phenoxy) is 1. The van der Waals surface area contributed by atoms with Crippen molar-refractivity contribution in [1.82, 2.24) is 19.5 Å². The van der Waals surface area contributed by atoms with E-state index in [0.29, 0.717) is 0 Å². The second-order valence-electron chi connectivity index (χ2n) is 5.66. The van der Waals surface area contributed by atoms with Gasteiger partial charge in [0, 0.05) is 17.1 Å². The van der Waals surface area contributed by atoms with Gasteiger partial charge >= 0.3 is 5.97 Å². The summed E-state index contributed by atoms with van der Waals surface area (Å²) in [6.45, 7) is 3.77. The lowest BCUT2D eigenvalue weighted by Crippen LogP contribution is -2.12. The van der Waals surface area contributed by atoms with Crippen molar-refractivity contribution in [2.45, 2.75) is 20.5 Å². The van der Waals surface area contributed by atoms with Crippen LogP contribution in [0.2, 0.25) is 5.02 Å². The summed E-state index contributed by atoms with van der Waals surface area (Å²) in [5.41, 5.74) is 14.1. The second-order valence-corrected chi connectivity index (χ2v) is 6.07. The Kier molecular flexibility index (Phi) is 4.77. The van der Waals surface area contributed by atoms with Crippen LogP contribution in [0.3, 0.4) is 0 Å². The van der Waals surface area contributed by atoms with Crippen LogP contribution in [0.15, 0.2) is 30.3 Å². The zero-order chi connectivity index (χ0) is 18.8. The van der Waals surface area contributed by atoms with Crippen LogP contribution in [0.4, 0.5) is 11.9 Å². The molecule has 0 unspecified atom stereocenters. The minimum Gasteiger partial charge on any atom is -0.454 e. The summed E-state index contributed by atoms with van der Waals surface area (Å²) in [7, 11) is 0. The van der Waals surface area contributed by atoms with Gasteiger partial charge in [0.25, 0.3) is 0 Å².